The number of nitrogens with zero attached hydrogens (tertiary/aromatic N) is 8. The second-order valence-corrected chi connectivity index (χ2v) is 6.26. The summed E-state index contributed by atoms with van der Waals surface area (Å²) in [4.78, 5) is 4.17. The van der Waals surface area contributed by atoms with Crippen LogP contribution in [0.3, 0.4) is 0 Å². The zero-order chi connectivity index (χ0) is 18.3. The molecule has 0 N–H and O–H groups in total. The molecule has 0 unspecified atom stereocenters. The average molecular weight is 354 g/mol. The van der Waals surface area contributed by atoms with Gasteiger partial charge in [-0.3, -0.25) is 4.68 Å². The number of fused-ring (bicyclic) bond motifs is 1. The minimum absolute atomic E-state index is 0.205. The smallest absolute Gasteiger partial charge is 0.235 e. The van der Waals surface area contributed by atoms with Crippen LogP contribution in [0.15, 0.2) is 23.0 Å². The maximum atomic E-state index is 5.94. The molecule has 0 saturated carbocycles. The molecule has 4 aromatic rings. The molecule has 0 amide bonds. The van der Waals surface area contributed by atoms with Gasteiger partial charge in [0, 0.05) is 18.7 Å². The zero-order valence-electron chi connectivity index (χ0n) is 14.9. The highest BCUT2D eigenvalue weighted by Crippen LogP contribution is 2.27. The Morgan fingerprint density at radius 2 is 2.08 bits per heavy atom. The van der Waals surface area contributed by atoms with Crippen LogP contribution in [0, 0.1) is 6.92 Å². The Bertz CT molecular complexity index is 1060. The molecule has 0 aliphatic heterocycles. The number of aromatic nitrogens is 8. The summed E-state index contributed by atoms with van der Waals surface area (Å²) in [6, 6.07) is 3.71. The van der Waals surface area contributed by atoms with Gasteiger partial charge in [0.15, 0.2) is 17.2 Å². The Kier molecular flexibility index (Phi) is 3.86. The first-order valence-electron chi connectivity index (χ1n) is 8.18. The van der Waals surface area contributed by atoms with E-state index in [1.54, 1.807) is 15.3 Å². The lowest BCUT2D eigenvalue weighted by Gasteiger charge is -2.13. The monoisotopic (exact) mass is 354 g/mol. The maximum absolute atomic E-state index is 5.94. The largest absolute Gasteiger partial charge is 0.468 e. The standard InChI is InChI=1S/C16H18N8O2/c1-9(2)11-6-13-19-20-15(12-5-10(3)26-22-12)24(13)21-16(11)25-7-14-17-8-18-23(14)4/h5-6,8-9H,7H2,1-4H3. The van der Waals surface area contributed by atoms with Crippen LogP contribution in [-0.2, 0) is 13.7 Å². The fourth-order valence-electron chi connectivity index (χ4n) is 2.57. The highest BCUT2D eigenvalue weighted by atomic mass is 16.5. The van der Waals surface area contributed by atoms with E-state index in [1.165, 1.54) is 6.33 Å². The summed E-state index contributed by atoms with van der Waals surface area (Å²) in [5.74, 6) is 2.59. The van der Waals surface area contributed by atoms with Gasteiger partial charge in [-0.05, 0) is 18.9 Å². The van der Waals surface area contributed by atoms with Crippen molar-refractivity contribution in [1.29, 1.82) is 0 Å². The van der Waals surface area contributed by atoms with Crippen molar-refractivity contribution in [2.24, 2.45) is 7.05 Å². The summed E-state index contributed by atoms with van der Waals surface area (Å²) in [6.07, 6.45) is 1.49. The van der Waals surface area contributed by atoms with Gasteiger partial charge < -0.3 is 9.26 Å². The van der Waals surface area contributed by atoms with Crippen molar-refractivity contribution in [2.75, 3.05) is 0 Å². The van der Waals surface area contributed by atoms with Gasteiger partial charge in [0.1, 0.15) is 18.7 Å². The van der Waals surface area contributed by atoms with E-state index in [9.17, 15) is 0 Å². The normalized spacial score (nSPS) is 11.6. The lowest BCUT2D eigenvalue weighted by molar-refractivity contribution is 0.270. The molecule has 0 radical (unpaired) electrons. The highest BCUT2D eigenvalue weighted by Gasteiger charge is 2.19. The van der Waals surface area contributed by atoms with Crippen LogP contribution in [0.25, 0.3) is 17.2 Å². The fourth-order valence-corrected chi connectivity index (χ4v) is 2.57. The minimum atomic E-state index is 0.205. The summed E-state index contributed by atoms with van der Waals surface area (Å²) >= 11 is 0. The van der Waals surface area contributed by atoms with Crippen LogP contribution >= 0.6 is 0 Å². The minimum Gasteiger partial charge on any atom is -0.468 e. The van der Waals surface area contributed by atoms with Crippen LogP contribution < -0.4 is 4.74 Å². The topological polar surface area (TPSA) is 109 Å². The molecule has 4 aromatic heterocycles. The van der Waals surface area contributed by atoms with Gasteiger partial charge in [-0.1, -0.05) is 19.0 Å². The lowest BCUT2D eigenvalue weighted by Crippen LogP contribution is -2.09. The summed E-state index contributed by atoms with van der Waals surface area (Å²) in [5, 5.41) is 21.0. The van der Waals surface area contributed by atoms with Crippen molar-refractivity contribution in [3.8, 4) is 17.4 Å². The molecular formula is C16H18N8O2. The SMILES string of the molecule is Cc1cc(-c2nnc3cc(C(C)C)c(OCc4ncnn4C)nn23)no1. The van der Waals surface area contributed by atoms with Gasteiger partial charge in [-0.25, -0.2) is 4.98 Å². The Hall–Kier alpha value is -3.30. The first-order valence-corrected chi connectivity index (χ1v) is 8.18. The molecule has 0 aliphatic carbocycles. The van der Waals surface area contributed by atoms with E-state index >= 15 is 0 Å². The first kappa shape index (κ1) is 16.2. The molecule has 4 rings (SSSR count). The second-order valence-electron chi connectivity index (χ2n) is 6.26. The van der Waals surface area contributed by atoms with Crippen LogP contribution in [0.4, 0.5) is 0 Å². The highest BCUT2D eigenvalue weighted by molar-refractivity contribution is 5.55. The molecule has 0 aliphatic rings. The summed E-state index contributed by atoms with van der Waals surface area (Å²) in [5.41, 5.74) is 2.13. The first-order chi connectivity index (χ1) is 12.5. The van der Waals surface area contributed by atoms with Crippen molar-refractivity contribution in [1.82, 2.24) is 39.7 Å². The molecular weight excluding hydrogens is 336 g/mol. The molecule has 0 fully saturated rings. The van der Waals surface area contributed by atoms with E-state index in [4.69, 9.17) is 9.26 Å². The Morgan fingerprint density at radius 3 is 2.73 bits per heavy atom. The third kappa shape index (κ3) is 2.79. The van der Waals surface area contributed by atoms with Gasteiger partial charge in [0.2, 0.25) is 11.7 Å². The van der Waals surface area contributed by atoms with Crippen molar-refractivity contribution < 1.29 is 9.26 Å². The van der Waals surface area contributed by atoms with Gasteiger partial charge in [-0.2, -0.15) is 9.61 Å². The summed E-state index contributed by atoms with van der Waals surface area (Å²) in [7, 11) is 1.82. The van der Waals surface area contributed by atoms with E-state index in [-0.39, 0.29) is 12.5 Å². The quantitative estimate of drug-likeness (QED) is 0.535. The number of rotatable bonds is 5. The van der Waals surface area contributed by atoms with E-state index in [2.05, 4.69) is 44.4 Å². The Balaban J connectivity index is 1.76. The van der Waals surface area contributed by atoms with E-state index in [0.29, 0.717) is 34.6 Å². The number of aryl methyl sites for hydroxylation is 2. The van der Waals surface area contributed by atoms with Gasteiger partial charge in [0.25, 0.3) is 0 Å². The van der Waals surface area contributed by atoms with Crippen molar-refractivity contribution in [3.63, 3.8) is 0 Å². The van der Waals surface area contributed by atoms with Crippen molar-refractivity contribution in [3.05, 3.63) is 35.6 Å². The maximum Gasteiger partial charge on any atom is 0.235 e. The molecule has 26 heavy (non-hydrogen) atoms. The van der Waals surface area contributed by atoms with Crippen molar-refractivity contribution >= 4 is 5.65 Å². The summed E-state index contributed by atoms with van der Waals surface area (Å²) in [6.45, 7) is 6.22. The van der Waals surface area contributed by atoms with E-state index < -0.39 is 0 Å². The van der Waals surface area contributed by atoms with Crippen LogP contribution in [0.1, 0.15) is 36.9 Å². The number of hydrogen-bond acceptors (Lipinski definition) is 8. The molecule has 4 heterocycles. The zero-order valence-corrected chi connectivity index (χ0v) is 14.9. The molecule has 10 nitrogen and oxygen atoms in total. The van der Waals surface area contributed by atoms with Crippen LogP contribution in [0.2, 0.25) is 0 Å². The van der Waals surface area contributed by atoms with E-state index in [1.807, 2.05) is 20.0 Å². The second kappa shape index (κ2) is 6.21. The van der Waals surface area contributed by atoms with Gasteiger partial charge in [-0.15, -0.1) is 15.3 Å². The molecule has 0 atom stereocenters. The predicted molar refractivity (Wildman–Crippen MR) is 90.4 cm³/mol. The van der Waals surface area contributed by atoms with E-state index in [0.717, 1.165) is 5.56 Å². The molecule has 134 valence electrons. The third-order valence-corrected chi connectivity index (χ3v) is 4.01. The molecule has 10 heteroatoms. The molecule has 0 spiro atoms. The van der Waals surface area contributed by atoms with Gasteiger partial charge >= 0.3 is 0 Å². The fraction of sp³-hybridized carbons (Fsp3) is 0.375. The average Bonchev–Trinajstić information content (AvgIpc) is 3.31. The van der Waals surface area contributed by atoms with Crippen molar-refractivity contribution in [2.45, 2.75) is 33.3 Å². The third-order valence-electron chi connectivity index (χ3n) is 4.01. The van der Waals surface area contributed by atoms with Crippen LogP contribution in [-0.4, -0.2) is 39.7 Å². The molecule has 0 bridgehead atoms. The number of ether oxygens (including phenoxy) is 1. The van der Waals surface area contributed by atoms with Crippen LogP contribution in [0.5, 0.6) is 5.88 Å². The van der Waals surface area contributed by atoms with Gasteiger partial charge in [0.05, 0.1) is 0 Å². The Morgan fingerprint density at radius 1 is 1.23 bits per heavy atom. The molecule has 0 saturated heterocycles. The number of hydrogen-bond donors (Lipinski definition) is 0. The molecule has 0 aromatic carbocycles. The Labute approximate surface area is 148 Å². The predicted octanol–water partition coefficient (Wildman–Crippen LogP) is 1.92. The lowest BCUT2D eigenvalue weighted by atomic mass is 10.1. The summed E-state index contributed by atoms with van der Waals surface area (Å²) < 4.78 is 14.3.